The lowest BCUT2D eigenvalue weighted by Crippen LogP contribution is -2.48. The molecule has 1 saturated carbocycles. The van der Waals surface area contributed by atoms with Gasteiger partial charge in [-0.05, 0) is 24.8 Å². The summed E-state index contributed by atoms with van der Waals surface area (Å²) >= 11 is 0. The molecular formula is C19H27NO4. The zero-order valence-corrected chi connectivity index (χ0v) is 14.2. The van der Waals surface area contributed by atoms with Gasteiger partial charge < -0.3 is 15.2 Å². The number of carboxylic acid groups (broad SMARTS) is 1. The van der Waals surface area contributed by atoms with E-state index in [1.807, 2.05) is 37.3 Å². The SMILES string of the molecule is CCC(OC1CCCCC1)C(=O)N[C@H](Cc1ccccc1)C(=O)O. The topological polar surface area (TPSA) is 75.6 Å². The third kappa shape index (κ3) is 5.64. The minimum absolute atomic E-state index is 0.117. The number of rotatable bonds is 8. The Morgan fingerprint density at radius 2 is 1.88 bits per heavy atom. The number of hydrogen-bond donors (Lipinski definition) is 2. The first-order chi connectivity index (χ1) is 11.6. The van der Waals surface area contributed by atoms with Crippen LogP contribution in [0.3, 0.4) is 0 Å². The highest BCUT2D eigenvalue weighted by atomic mass is 16.5. The van der Waals surface area contributed by atoms with Crippen LogP contribution in [0.1, 0.15) is 51.0 Å². The number of carbonyl (C=O) groups is 2. The van der Waals surface area contributed by atoms with E-state index in [0.29, 0.717) is 6.42 Å². The highest BCUT2D eigenvalue weighted by Gasteiger charge is 2.27. The van der Waals surface area contributed by atoms with Crippen molar-refractivity contribution in [2.45, 2.75) is 70.1 Å². The fraction of sp³-hybridized carbons (Fsp3) is 0.579. The lowest BCUT2D eigenvalue weighted by molar-refractivity contribution is -0.146. The molecule has 0 spiro atoms. The number of aliphatic carboxylic acids is 1. The van der Waals surface area contributed by atoms with Gasteiger partial charge in [0.2, 0.25) is 5.91 Å². The van der Waals surface area contributed by atoms with E-state index >= 15 is 0 Å². The highest BCUT2D eigenvalue weighted by Crippen LogP contribution is 2.22. The molecular weight excluding hydrogens is 306 g/mol. The molecule has 2 rings (SSSR count). The molecule has 0 aromatic heterocycles. The summed E-state index contributed by atoms with van der Waals surface area (Å²) in [7, 11) is 0. The molecule has 2 N–H and O–H groups in total. The summed E-state index contributed by atoms with van der Waals surface area (Å²) in [6.07, 6.45) is 5.80. The van der Waals surface area contributed by atoms with Crippen LogP contribution in [-0.4, -0.2) is 35.2 Å². The van der Waals surface area contributed by atoms with Gasteiger partial charge in [0, 0.05) is 6.42 Å². The molecule has 1 fully saturated rings. The summed E-state index contributed by atoms with van der Waals surface area (Å²) in [5.74, 6) is -1.36. The van der Waals surface area contributed by atoms with Crippen LogP contribution in [-0.2, 0) is 20.7 Å². The van der Waals surface area contributed by atoms with Gasteiger partial charge in [-0.1, -0.05) is 56.5 Å². The van der Waals surface area contributed by atoms with Crippen LogP contribution in [0.15, 0.2) is 30.3 Å². The van der Waals surface area contributed by atoms with E-state index in [-0.39, 0.29) is 18.4 Å². The van der Waals surface area contributed by atoms with Crippen molar-refractivity contribution >= 4 is 11.9 Å². The molecule has 1 aromatic carbocycles. The van der Waals surface area contributed by atoms with Gasteiger partial charge in [0.15, 0.2) is 0 Å². The molecule has 1 unspecified atom stereocenters. The Morgan fingerprint density at radius 1 is 1.21 bits per heavy atom. The number of hydrogen-bond acceptors (Lipinski definition) is 3. The zero-order valence-electron chi connectivity index (χ0n) is 14.2. The van der Waals surface area contributed by atoms with E-state index in [0.717, 1.165) is 31.2 Å². The van der Waals surface area contributed by atoms with E-state index in [4.69, 9.17) is 4.74 Å². The number of amides is 1. The molecule has 5 nitrogen and oxygen atoms in total. The first kappa shape index (κ1) is 18.5. The molecule has 24 heavy (non-hydrogen) atoms. The normalized spacial score (nSPS) is 17.9. The molecule has 0 radical (unpaired) electrons. The second-order valence-electron chi connectivity index (χ2n) is 6.38. The van der Waals surface area contributed by atoms with Gasteiger partial charge in [0.05, 0.1) is 6.10 Å². The molecule has 1 aliphatic rings. The third-order valence-corrected chi connectivity index (χ3v) is 4.47. The van der Waals surface area contributed by atoms with Crippen molar-refractivity contribution < 1.29 is 19.4 Å². The molecule has 132 valence electrons. The first-order valence-corrected chi connectivity index (χ1v) is 8.82. The Labute approximate surface area is 143 Å². The van der Waals surface area contributed by atoms with Crippen LogP contribution in [0.4, 0.5) is 0 Å². The van der Waals surface area contributed by atoms with Gasteiger partial charge in [-0.3, -0.25) is 4.79 Å². The Bertz CT molecular complexity index is 525. The molecule has 2 atom stereocenters. The molecule has 0 heterocycles. The second-order valence-corrected chi connectivity index (χ2v) is 6.38. The van der Waals surface area contributed by atoms with Gasteiger partial charge in [0.1, 0.15) is 12.1 Å². The molecule has 1 aliphatic carbocycles. The smallest absolute Gasteiger partial charge is 0.326 e. The summed E-state index contributed by atoms with van der Waals surface area (Å²) in [5.41, 5.74) is 0.881. The van der Waals surface area contributed by atoms with Crippen LogP contribution >= 0.6 is 0 Å². The number of benzene rings is 1. The average Bonchev–Trinajstić information content (AvgIpc) is 2.60. The third-order valence-electron chi connectivity index (χ3n) is 4.47. The highest BCUT2D eigenvalue weighted by molar-refractivity contribution is 5.86. The van der Waals surface area contributed by atoms with E-state index in [1.54, 1.807) is 0 Å². The lowest BCUT2D eigenvalue weighted by atomic mass is 9.97. The van der Waals surface area contributed by atoms with Gasteiger partial charge in [-0.25, -0.2) is 4.79 Å². The average molecular weight is 333 g/mol. The van der Waals surface area contributed by atoms with E-state index in [2.05, 4.69) is 5.32 Å². The molecule has 0 aliphatic heterocycles. The second kappa shape index (κ2) is 9.42. The van der Waals surface area contributed by atoms with Crippen LogP contribution < -0.4 is 5.32 Å². The quantitative estimate of drug-likeness (QED) is 0.767. The minimum atomic E-state index is -1.03. The molecule has 1 aromatic rings. The fourth-order valence-corrected chi connectivity index (χ4v) is 3.09. The van der Waals surface area contributed by atoms with Crippen molar-refractivity contribution in [3.63, 3.8) is 0 Å². The van der Waals surface area contributed by atoms with Crippen LogP contribution in [0.2, 0.25) is 0 Å². The van der Waals surface area contributed by atoms with Gasteiger partial charge in [-0.15, -0.1) is 0 Å². The summed E-state index contributed by atoms with van der Waals surface area (Å²) in [6.45, 7) is 1.89. The van der Waals surface area contributed by atoms with Crippen molar-refractivity contribution in [2.75, 3.05) is 0 Å². The predicted molar refractivity (Wildman–Crippen MR) is 91.7 cm³/mol. The fourth-order valence-electron chi connectivity index (χ4n) is 3.09. The maximum Gasteiger partial charge on any atom is 0.326 e. The molecule has 5 heteroatoms. The maximum atomic E-state index is 12.5. The first-order valence-electron chi connectivity index (χ1n) is 8.82. The van der Waals surface area contributed by atoms with Gasteiger partial charge >= 0.3 is 5.97 Å². The van der Waals surface area contributed by atoms with E-state index in [1.165, 1.54) is 6.42 Å². The van der Waals surface area contributed by atoms with Crippen molar-refractivity contribution in [1.82, 2.24) is 5.32 Å². The van der Waals surface area contributed by atoms with Crippen LogP contribution in [0.5, 0.6) is 0 Å². The van der Waals surface area contributed by atoms with Crippen molar-refractivity contribution in [3.05, 3.63) is 35.9 Å². The Morgan fingerprint density at radius 3 is 2.46 bits per heavy atom. The summed E-state index contributed by atoms with van der Waals surface area (Å²) in [6, 6.07) is 8.37. The van der Waals surface area contributed by atoms with E-state index in [9.17, 15) is 14.7 Å². The monoisotopic (exact) mass is 333 g/mol. The summed E-state index contributed by atoms with van der Waals surface area (Å²) < 4.78 is 5.93. The number of ether oxygens (including phenoxy) is 1. The Hall–Kier alpha value is -1.88. The zero-order chi connectivity index (χ0) is 17.4. The molecule has 1 amide bonds. The van der Waals surface area contributed by atoms with Crippen LogP contribution in [0.25, 0.3) is 0 Å². The summed E-state index contributed by atoms with van der Waals surface area (Å²) in [4.78, 5) is 23.9. The van der Waals surface area contributed by atoms with E-state index < -0.39 is 18.1 Å². The van der Waals surface area contributed by atoms with Gasteiger partial charge in [-0.2, -0.15) is 0 Å². The van der Waals surface area contributed by atoms with Crippen molar-refractivity contribution in [1.29, 1.82) is 0 Å². The van der Waals surface area contributed by atoms with Crippen molar-refractivity contribution in [2.24, 2.45) is 0 Å². The Balaban J connectivity index is 1.93. The lowest BCUT2D eigenvalue weighted by Gasteiger charge is -2.27. The largest absolute Gasteiger partial charge is 0.480 e. The molecule has 0 bridgehead atoms. The Kier molecular flexibility index (Phi) is 7.25. The molecule has 0 saturated heterocycles. The predicted octanol–water partition coefficient (Wildman–Crippen LogP) is 2.93. The van der Waals surface area contributed by atoms with Crippen molar-refractivity contribution in [3.8, 4) is 0 Å². The summed E-state index contributed by atoms with van der Waals surface area (Å²) in [5, 5.41) is 12.0. The standard InChI is InChI=1S/C19H27NO4/c1-2-17(24-15-11-7-4-8-12-15)18(21)20-16(19(22)23)13-14-9-5-3-6-10-14/h3,5-6,9-10,15-17H,2,4,7-8,11-13H2,1H3,(H,20,21)(H,22,23)/t16-,17?/m1/s1. The number of carboxylic acids is 1. The number of carbonyl (C=O) groups excluding carboxylic acids is 1. The maximum absolute atomic E-state index is 12.5. The van der Waals surface area contributed by atoms with Gasteiger partial charge in [0.25, 0.3) is 0 Å². The minimum Gasteiger partial charge on any atom is -0.480 e. The van der Waals surface area contributed by atoms with Crippen LogP contribution in [0, 0.1) is 0 Å². The number of nitrogens with one attached hydrogen (secondary N) is 1.